The van der Waals surface area contributed by atoms with Gasteiger partial charge in [0.25, 0.3) is 0 Å². The highest BCUT2D eigenvalue weighted by Crippen LogP contribution is 2.36. The van der Waals surface area contributed by atoms with Crippen molar-refractivity contribution in [2.45, 2.75) is 39.3 Å². The number of aryl methyl sites for hydroxylation is 2. The lowest BCUT2D eigenvalue weighted by atomic mass is 10.1. The Bertz CT molecular complexity index is 583. The number of aromatic hydroxyl groups is 1. The van der Waals surface area contributed by atoms with Gasteiger partial charge in [0, 0.05) is 22.3 Å². The van der Waals surface area contributed by atoms with Gasteiger partial charge in [-0.3, -0.25) is 0 Å². The van der Waals surface area contributed by atoms with Crippen molar-refractivity contribution in [1.82, 2.24) is 5.32 Å². The summed E-state index contributed by atoms with van der Waals surface area (Å²) in [5.41, 5.74) is 3.77. The molecule has 1 aliphatic carbocycles. The Kier molecular flexibility index (Phi) is 3.33. The third kappa shape index (κ3) is 2.40. The van der Waals surface area contributed by atoms with Crippen molar-refractivity contribution in [3.63, 3.8) is 0 Å². The van der Waals surface area contributed by atoms with Crippen LogP contribution in [0.1, 0.15) is 38.9 Å². The lowest BCUT2D eigenvalue weighted by molar-refractivity contribution is 0.469. The topological polar surface area (TPSA) is 32.3 Å². The predicted octanol–water partition coefficient (Wildman–Crippen LogP) is 3.85. The van der Waals surface area contributed by atoms with Gasteiger partial charge in [0.2, 0.25) is 0 Å². The maximum Gasteiger partial charge on any atom is 0.119 e. The Hall–Kier alpha value is -1.32. The summed E-state index contributed by atoms with van der Waals surface area (Å²) in [6, 6.07) is 8.50. The van der Waals surface area contributed by atoms with Gasteiger partial charge >= 0.3 is 0 Å². The number of benzene rings is 1. The van der Waals surface area contributed by atoms with Gasteiger partial charge in [0.15, 0.2) is 0 Å². The molecule has 1 atom stereocenters. The molecular formula is C16H19NOS. The Morgan fingerprint density at radius 2 is 2.21 bits per heavy atom. The minimum atomic E-state index is 0.379. The maximum atomic E-state index is 9.85. The van der Waals surface area contributed by atoms with Crippen LogP contribution in [-0.4, -0.2) is 5.11 Å². The summed E-state index contributed by atoms with van der Waals surface area (Å²) in [7, 11) is 0. The van der Waals surface area contributed by atoms with Crippen LogP contribution in [0, 0.1) is 13.8 Å². The fourth-order valence-electron chi connectivity index (χ4n) is 2.81. The van der Waals surface area contributed by atoms with E-state index in [-0.39, 0.29) is 0 Å². The standard InChI is InChI=1S/C16H19NOS/c1-10-8-12(19-11(10)2)9-17-15-7-6-14-13(15)4-3-5-16(14)18/h3-5,8,15,17-18H,6-7,9H2,1-2H3. The van der Waals surface area contributed by atoms with Crippen molar-refractivity contribution < 1.29 is 5.11 Å². The molecule has 1 aliphatic rings. The van der Waals surface area contributed by atoms with Gasteiger partial charge in [-0.1, -0.05) is 12.1 Å². The van der Waals surface area contributed by atoms with E-state index >= 15 is 0 Å². The van der Waals surface area contributed by atoms with E-state index in [1.165, 1.54) is 20.9 Å². The molecule has 0 bridgehead atoms. The van der Waals surface area contributed by atoms with E-state index in [0.29, 0.717) is 11.8 Å². The highest BCUT2D eigenvalue weighted by Gasteiger charge is 2.24. The second kappa shape index (κ2) is 4.99. The van der Waals surface area contributed by atoms with Crippen LogP contribution in [0.25, 0.3) is 0 Å². The quantitative estimate of drug-likeness (QED) is 0.890. The van der Waals surface area contributed by atoms with Crippen LogP contribution in [0.4, 0.5) is 0 Å². The first-order valence-electron chi connectivity index (χ1n) is 6.75. The fourth-order valence-corrected chi connectivity index (χ4v) is 3.81. The van der Waals surface area contributed by atoms with Crippen molar-refractivity contribution in [2.24, 2.45) is 0 Å². The maximum absolute atomic E-state index is 9.85. The van der Waals surface area contributed by atoms with Crippen molar-refractivity contribution in [1.29, 1.82) is 0 Å². The molecule has 0 aliphatic heterocycles. The molecule has 0 fully saturated rings. The highest BCUT2D eigenvalue weighted by atomic mass is 32.1. The number of rotatable bonds is 3. The first kappa shape index (κ1) is 12.7. The van der Waals surface area contributed by atoms with Gasteiger partial charge in [-0.2, -0.15) is 0 Å². The Labute approximate surface area is 118 Å². The van der Waals surface area contributed by atoms with Gasteiger partial charge in [-0.05, 0) is 55.5 Å². The molecule has 0 saturated heterocycles. The molecule has 2 nitrogen and oxygen atoms in total. The molecule has 3 rings (SSSR count). The number of nitrogens with one attached hydrogen (secondary N) is 1. The zero-order chi connectivity index (χ0) is 13.4. The molecule has 0 spiro atoms. The average Bonchev–Trinajstić information content (AvgIpc) is 2.93. The smallest absolute Gasteiger partial charge is 0.119 e. The highest BCUT2D eigenvalue weighted by molar-refractivity contribution is 7.12. The van der Waals surface area contributed by atoms with E-state index in [9.17, 15) is 5.11 Å². The van der Waals surface area contributed by atoms with Gasteiger partial charge in [0.1, 0.15) is 5.75 Å². The molecule has 0 amide bonds. The van der Waals surface area contributed by atoms with Crippen LogP contribution in [0.2, 0.25) is 0 Å². The summed E-state index contributed by atoms with van der Waals surface area (Å²) in [4.78, 5) is 2.80. The number of fused-ring (bicyclic) bond motifs is 1. The fraction of sp³-hybridized carbons (Fsp3) is 0.375. The van der Waals surface area contributed by atoms with E-state index in [0.717, 1.165) is 24.9 Å². The zero-order valence-corrected chi connectivity index (χ0v) is 12.2. The number of hydrogen-bond acceptors (Lipinski definition) is 3. The van der Waals surface area contributed by atoms with Gasteiger partial charge in [-0.25, -0.2) is 0 Å². The largest absolute Gasteiger partial charge is 0.508 e. The lowest BCUT2D eigenvalue weighted by Crippen LogP contribution is -2.17. The van der Waals surface area contributed by atoms with Crippen LogP contribution in [0.15, 0.2) is 24.3 Å². The van der Waals surface area contributed by atoms with Gasteiger partial charge < -0.3 is 10.4 Å². The van der Waals surface area contributed by atoms with Crippen molar-refractivity contribution in [3.8, 4) is 5.75 Å². The Morgan fingerprint density at radius 3 is 2.95 bits per heavy atom. The van der Waals surface area contributed by atoms with E-state index in [2.05, 4.69) is 31.3 Å². The molecule has 19 heavy (non-hydrogen) atoms. The second-order valence-corrected chi connectivity index (χ2v) is 6.61. The van der Waals surface area contributed by atoms with Crippen LogP contribution in [0.5, 0.6) is 5.75 Å². The van der Waals surface area contributed by atoms with Crippen LogP contribution in [-0.2, 0) is 13.0 Å². The first-order valence-corrected chi connectivity index (χ1v) is 7.57. The first-order chi connectivity index (χ1) is 9.15. The van der Waals surface area contributed by atoms with Gasteiger partial charge in [-0.15, -0.1) is 11.3 Å². The molecule has 100 valence electrons. The van der Waals surface area contributed by atoms with Crippen molar-refractivity contribution >= 4 is 11.3 Å². The summed E-state index contributed by atoms with van der Waals surface area (Å²) in [6.07, 6.45) is 2.05. The SMILES string of the molecule is Cc1cc(CNC2CCc3c(O)cccc32)sc1C. The number of thiophene rings is 1. The molecule has 0 radical (unpaired) electrons. The molecule has 1 heterocycles. The summed E-state index contributed by atoms with van der Waals surface area (Å²) in [6.45, 7) is 5.25. The molecule has 0 saturated carbocycles. The third-order valence-electron chi connectivity index (χ3n) is 3.99. The third-order valence-corrected chi connectivity index (χ3v) is 5.14. The monoisotopic (exact) mass is 273 g/mol. The van der Waals surface area contributed by atoms with Gasteiger partial charge in [0.05, 0.1) is 0 Å². The molecule has 3 heteroatoms. The minimum absolute atomic E-state index is 0.379. The van der Waals surface area contributed by atoms with E-state index < -0.39 is 0 Å². The lowest BCUT2D eigenvalue weighted by Gasteiger charge is -2.13. The molecule has 1 aromatic heterocycles. The zero-order valence-electron chi connectivity index (χ0n) is 11.4. The normalized spacial score (nSPS) is 17.7. The van der Waals surface area contributed by atoms with E-state index in [4.69, 9.17) is 0 Å². The Balaban J connectivity index is 1.71. The summed E-state index contributed by atoms with van der Waals surface area (Å²) < 4.78 is 0. The van der Waals surface area contributed by atoms with E-state index in [1.807, 2.05) is 17.4 Å². The molecule has 2 aromatic rings. The van der Waals surface area contributed by atoms with Crippen LogP contribution < -0.4 is 5.32 Å². The Morgan fingerprint density at radius 1 is 1.37 bits per heavy atom. The minimum Gasteiger partial charge on any atom is -0.508 e. The number of phenolic OH excluding ortho intramolecular Hbond substituents is 1. The van der Waals surface area contributed by atoms with E-state index in [1.54, 1.807) is 6.07 Å². The summed E-state index contributed by atoms with van der Waals surface area (Å²) >= 11 is 1.87. The average molecular weight is 273 g/mol. The second-order valence-electron chi connectivity index (χ2n) is 5.27. The summed E-state index contributed by atoms with van der Waals surface area (Å²) in [5, 5.41) is 13.5. The van der Waals surface area contributed by atoms with Crippen LogP contribution >= 0.6 is 11.3 Å². The molecule has 2 N–H and O–H groups in total. The number of hydrogen-bond donors (Lipinski definition) is 2. The van der Waals surface area contributed by atoms with Crippen molar-refractivity contribution in [2.75, 3.05) is 0 Å². The molecular weight excluding hydrogens is 254 g/mol. The van der Waals surface area contributed by atoms with Crippen LogP contribution in [0.3, 0.4) is 0 Å². The summed E-state index contributed by atoms with van der Waals surface area (Å²) in [5.74, 6) is 0.449. The van der Waals surface area contributed by atoms with Crippen molar-refractivity contribution in [3.05, 3.63) is 50.7 Å². The molecule has 1 aromatic carbocycles. The predicted molar refractivity (Wildman–Crippen MR) is 79.8 cm³/mol. The molecule has 1 unspecified atom stereocenters. The number of phenols is 1.